The lowest BCUT2D eigenvalue weighted by molar-refractivity contribution is -0.131. The van der Waals surface area contributed by atoms with Crippen molar-refractivity contribution in [3.8, 4) is 11.1 Å². The molecule has 2 heterocycles. The Hall–Kier alpha value is -6.28. The van der Waals surface area contributed by atoms with Crippen LogP contribution in [0.3, 0.4) is 0 Å². The monoisotopic (exact) mass is 861 g/mol. The second-order valence-corrected chi connectivity index (χ2v) is 14.0. The number of fused-ring (bicyclic) bond motifs is 1. The molecule has 0 fully saturated rings. The highest BCUT2D eigenvalue weighted by Crippen LogP contribution is 2.36. The van der Waals surface area contributed by atoms with Gasteiger partial charge < -0.3 is 46.4 Å². The molecule has 0 bridgehead atoms. The minimum Gasteiger partial charge on any atom is -0.397 e. The van der Waals surface area contributed by atoms with E-state index in [1.54, 1.807) is 38.1 Å². The Morgan fingerprint density at radius 3 is 2.18 bits per heavy atom. The fourth-order valence-corrected chi connectivity index (χ4v) is 6.01. The second-order valence-electron chi connectivity index (χ2n) is 14.0. The number of carbonyl (C=O) groups excluding carboxylic acids is 5. The summed E-state index contributed by atoms with van der Waals surface area (Å²) in [6.45, 7) is 8.67. The maximum absolute atomic E-state index is 15.2. The highest BCUT2D eigenvalue weighted by molar-refractivity contribution is 6.03. The number of hydrogen-bond acceptors (Lipinski definition) is 14. The summed E-state index contributed by atoms with van der Waals surface area (Å²) in [5, 5.41) is 10.2. The topological polar surface area (TPSA) is 251 Å². The number of nitrogens with two attached hydrogens (primary N) is 2. The Morgan fingerprint density at radius 1 is 0.790 bits per heavy atom. The van der Waals surface area contributed by atoms with Gasteiger partial charge in [0.25, 0.3) is 5.91 Å². The molecule has 4 rings (SSSR count). The normalized spacial score (nSPS) is 11.0. The van der Waals surface area contributed by atoms with Gasteiger partial charge in [0.2, 0.25) is 24.1 Å². The van der Waals surface area contributed by atoms with Gasteiger partial charge in [-0.2, -0.15) is 5.01 Å². The van der Waals surface area contributed by atoms with Gasteiger partial charge in [0.1, 0.15) is 5.82 Å². The number of benzene rings is 2. The number of halogens is 1. The number of hydrazine groups is 1. The number of ether oxygens (including phenoxy) is 4. The second kappa shape index (κ2) is 25.5. The molecule has 18 nitrogen and oxygen atoms in total. The third-order valence-corrected chi connectivity index (χ3v) is 9.53. The van der Waals surface area contributed by atoms with Gasteiger partial charge in [0.15, 0.2) is 5.82 Å². The standard InChI is InChI=1S/C43H56FN9O9/c1-4-5-9-40(57)52-53(27-54)43(58)31-7-6-8-36(29(31)3)48-13-15-60-17-19-62-21-20-61-18-16-59-14-11-38(55)49-12-10-39(56)51-37-23-30-22-32(33-24-47-26-35(45)28(33)2)41(44)42(46)34(30)25-50-37/h6-8,22-27,48H,4-5,9-21,45-46H2,1-3H3,(H,49,55)(H,52,57)(H,50,51,56). The van der Waals surface area contributed by atoms with E-state index in [0.717, 1.165) is 6.42 Å². The van der Waals surface area contributed by atoms with Gasteiger partial charge in [-0.3, -0.25) is 34.4 Å². The lowest BCUT2D eigenvalue weighted by atomic mass is 9.97. The highest BCUT2D eigenvalue weighted by Gasteiger charge is 2.21. The van der Waals surface area contributed by atoms with E-state index in [4.69, 9.17) is 30.4 Å². The van der Waals surface area contributed by atoms with Crippen molar-refractivity contribution in [3.05, 3.63) is 71.4 Å². The van der Waals surface area contributed by atoms with Gasteiger partial charge in [-0.05, 0) is 61.0 Å². The van der Waals surface area contributed by atoms with E-state index >= 15 is 4.39 Å². The van der Waals surface area contributed by atoms with Crippen LogP contribution in [0.25, 0.3) is 21.9 Å². The van der Waals surface area contributed by atoms with Crippen molar-refractivity contribution in [3.63, 3.8) is 0 Å². The predicted octanol–water partition coefficient (Wildman–Crippen LogP) is 4.05. The van der Waals surface area contributed by atoms with Crippen LogP contribution < -0.4 is 32.8 Å². The molecule has 4 aromatic rings. The molecule has 334 valence electrons. The molecule has 0 aliphatic heterocycles. The summed E-state index contributed by atoms with van der Waals surface area (Å²) >= 11 is 0. The molecular formula is C43H56FN9O9. The summed E-state index contributed by atoms with van der Waals surface area (Å²) in [4.78, 5) is 69.5. The number of pyridine rings is 2. The average Bonchev–Trinajstić information content (AvgIpc) is 3.26. The summed E-state index contributed by atoms with van der Waals surface area (Å²) in [6.07, 6.45) is 6.49. The largest absolute Gasteiger partial charge is 0.397 e. The van der Waals surface area contributed by atoms with Gasteiger partial charge in [-0.15, -0.1) is 0 Å². The first-order chi connectivity index (χ1) is 29.9. The van der Waals surface area contributed by atoms with Crippen molar-refractivity contribution in [1.82, 2.24) is 25.7 Å². The summed E-state index contributed by atoms with van der Waals surface area (Å²) in [7, 11) is 0. The minimum absolute atomic E-state index is 0.00332. The van der Waals surface area contributed by atoms with E-state index in [0.29, 0.717) is 109 Å². The molecule has 0 saturated heterocycles. The van der Waals surface area contributed by atoms with E-state index in [9.17, 15) is 24.0 Å². The predicted molar refractivity (Wildman–Crippen MR) is 232 cm³/mol. The van der Waals surface area contributed by atoms with E-state index in [1.807, 2.05) is 13.0 Å². The van der Waals surface area contributed by atoms with Crippen LogP contribution in [0.5, 0.6) is 0 Å². The quantitative estimate of drug-likeness (QED) is 0.0226. The van der Waals surface area contributed by atoms with Crippen LogP contribution in [-0.2, 0) is 38.1 Å². The highest BCUT2D eigenvalue weighted by atomic mass is 19.1. The molecule has 0 aliphatic rings. The molecule has 0 aliphatic carbocycles. The number of hydrogen-bond donors (Lipinski definition) is 6. The van der Waals surface area contributed by atoms with Gasteiger partial charge in [0.05, 0.1) is 70.4 Å². The van der Waals surface area contributed by atoms with Gasteiger partial charge in [-0.25, -0.2) is 9.37 Å². The SMILES string of the molecule is CCCCC(=O)NN(C=O)C(=O)c1cccc(NCCOCCOCCOCCOCCC(=O)NCCC(=O)Nc2cc3cc(-c4cncc(N)c4C)c(F)c(N)c3cn2)c1C. The first kappa shape index (κ1) is 48.4. The van der Waals surface area contributed by atoms with E-state index in [2.05, 4.69) is 31.3 Å². The molecule has 19 heteroatoms. The summed E-state index contributed by atoms with van der Waals surface area (Å²) in [5.41, 5.74) is 17.8. The molecule has 62 heavy (non-hydrogen) atoms. The Bertz CT molecular complexity index is 2160. The molecule has 0 unspecified atom stereocenters. The zero-order valence-corrected chi connectivity index (χ0v) is 35.4. The van der Waals surface area contributed by atoms with E-state index < -0.39 is 17.6 Å². The van der Waals surface area contributed by atoms with Gasteiger partial charge >= 0.3 is 0 Å². The molecular weight excluding hydrogens is 806 g/mol. The summed E-state index contributed by atoms with van der Waals surface area (Å²) in [5.74, 6) is -2.03. The lowest BCUT2D eigenvalue weighted by Gasteiger charge is -2.19. The van der Waals surface area contributed by atoms with Crippen LogP contribution >= 0.6 is 0 Å². The molecule has 0 radical (unpaired) electrons. The third-order valence-electron chi connectivity index (χ3n) is 9.53. The van der Waals surface area contributed by atoms with Crippen LogP contribution in [0.15, 0.2) is 48.9 Å². The van der Waals surface area contributed by atoms with Crippen LogP contribution in [0, 0.1) is 19.7 Å². The number of nitrogens with zero attached hydrogens (tertiary/aromatic N) is 3. The zero-order valence-electron chi connectivity index (χ0n) is 35.4. The van der Waals surface area contributed by atoms with Gasteiger partial charge in [-0.1, -0.05) is 19.4 Å². The maximum Gasteiger partial charge on any atom is 0.279 e. The molecule has 2 aromatic heterocycles. The zero-order chi connectivity index (χ0) is 44.9. The van der Waals surface area contributed by atoms with Crippen molar-refractivity contribution in [1.29, 1.82) is 0 Å². The van der Waals surface area contributed by atoms with Crippen molar-refractivity contribution in [2.24, 2.45) is 0 Å². The number of carbonyl (C=O) groups is 5. The molecule has 0 saturated carbocycles. The first-order valence-corrected chi connectivity index (χ1v) is 20.3. The third kappa shape index (κ3) is 14.7. The Morgan fingerprint density at radius 2 is 1.48 bits per heavy atom. The fourth-order valence-electron chi connectivity index (χ4n) is 6.01. The first-order valence-electron chi connectivity index (χ1n) is 20.3. The van der Waals surface area contributed by atoms with Crippen LogP contribution in [0.1, 0.15) is 60.5 Å². The molecule has 0 spiro atoms. The van der Waals surface area contributed by atoms with Gasteiger partial charge in [0, 0.05) is 72.5 Å². The fraction of sp³-hybridized carbons (Fsp3) is 0.419. The number of anilines is 4. The number of amides is 5. The van der Waals surface area contributed by atoms with Crippen LogP contribution in [0.2, 0.25) is 0 Å². The average molecular weight is 862 g/mol. The Balaban J connectivity index is 0.995. The number of nitrogens with one attached hydrogen (secondary N) is 4. The van der Waals surface area contributed by atoms with E-state index in [1.165, 1.54) is 18.6 Å². The molecule has 5 amide bonds. The van der Waals surface area contributed by atoms with Crippen molar-refractivity contribution < 1.29 is 47.3 Å². The number of aromatic nitrogens is 2. The van der Waals surface area contributed by atoms with Crippen molar-refractivity contribution in [2.75, 3.05) is 88.0 Å². The summed E-state index contributed by atoms with van der Waals surface area (Å²) < 4.78 is 37.3. The number of nitrogen functional groups attached to an aromatic ring is 2. The van der Waals surface area contributed by atoms with Crippen molar-refractivity contribution in [2.45, 2.75) is 52.9 Å². The number of imide groups is 1. The van der Waals surface area contributed by atoms with E-state index in [-0.39, 0.29) is 66.9 Å². The lowest BCUT2D eigenvalue weighted by Crippen LogP contribution is -2.45. The Kier molecular flexibility index (Phi) is 19.9. The summed E-state index contributed by atoms with van der Waals surface area (Å²) in [6, 6.07) is 8.30. The molecule has 0 atom stereocenters. The molecule has 2 aromatic carbocycles. The smallest absolute Gasteiger partial charge is 0.279 e. The minimum atomic E-state index is -0.624. The van der Waals surface area contributed by atoms with Crippen molar-refractivity contribution >= 4 is 63.7 Å². The van der Waals surface area contributed by atoms with Crippen LogP contribution in [0.4, 0.5) is 27.3 Å². The Labute approximate surface area is 359 Å². The maximum atomic E-state index is 15.2. The van der Waals surface area contributed by atoms with Crippen LogP contribution in [-0.4, -0.2) is 111 Å². The number of rotatable bonds is 26. The molecule has 8 N–H and O–H groups in total. The number of unbranched alkanes of at least 4 members (excludes halogenated alkanes) is 1.